The van der Waals surface area contributed by atoms with Crippen molar-refractivity contribution in [3.8, 4) is 0 Å². The van der Waals surface area contributed by atoms with Crippen molar-refractivity contribution in [3.63, 3.8) is 0 Å². The molecule has 0 aliphatic heterocycles. The second-order valence-electron chi connectivity index (χ2n) is 3.81. The fraction of sp³-hybridized carbons (Fsp3) is 0. The first kappa shape index (κ1) is 20.0. The molecule has 114 valence electrons. The van der Waals surface area contributed by atoms with Crippen molar-refractivity contribution in [2.75, 3.05) is 0 Å². The van der Waals surface area contributed by atoms with Crippen molar-refractivity contribution in [3.05, 3.63) is 83.9 Å². The van der Waals surface area contributed by atoms with Gasteiger partial charge in [0.15, 0.2) is 0 Å². The molecule has 2 nitrogen and oxygen atoms in total. The van der Waals surface area contributed by atoms with Gasteiger partial charge in [0, 0.05) is 0 Å². The van der Waals surface area contributed by atoms with Crippen LogP contribution in [0.4, 0.5) is 0 Å². The van der Waals surface area contributed by atoms with Crippen LogP contribution in [0.25, 0.3) is 12.2 Å². The summed E-state index contributed by atoms with van der Waals surface area (Å²) in [6.45, 7) is 0. The molecule has 0 saturated carbocycles. The number of carbonyl (C=O) groups excluding carboxylic acids is 2. The van der Waals surface area contributed by atoms with Crippen LogP contribution >= 0.6 is 23.3 Å². The Bertz CT molecular complexity index is 511. The van der Waals surface area contributed by atoms with E-state index in [1.165, 1.54) is 12.2 Å². The molecule has 0 heterocycles. The van der Waals surface area contributed by atoms with Crippen molar-refractivity contribution in [2.24, 2.45) is 0 Å². The molecule has 22 heavy (non-hydrogen) atoms. The van der Waals surface area contributed by atoms with Crippen molar-refractivity contribution < 1.29 is 9.59 Å². The molecule has 0 bridgehead atoms. The van der Waals surface area contributed by atoms with Crippen LogP contribution in [-0.4, -0.2) is 12.6 Å². The summed E-state index contributed by atoms with van der Waals surface area (Å²) in [5.41, 5.74) is 2.10. The zero-order valence-electron chi connectivity index (χ0n) is 11.9. The van der Waals surface area contributed by atoms with E-state index in [4.69, 9.17) is 0 Å². The predicted molar refractivity (Wildman–Crippen MR) is 101 cm³/mol. The van der Waals surface area contributed by atoms with Gasteiger partial charge >= 0.3 is 0 Å². The molecule has 0 unspecified atom stereocenters. The molecule has 0 amide bonds. The number of thiol groups is 2. The third-order valence-electron chi connectivity index (χ3n) is 2.33. The summed E-state index contributed by atoms with van der Waals surface area (Å²) in [5.74, 6) is 0. The van der Waals surface area contributed by atoms with Gasteiger partial charge in [-0.3, -0.25) is 9.59 Å². The molecule has 0 radical (unpaired) electrons. The van der Waals surface area contributed by atoms with E-state index in [0.29, 0.717) is 0 Å². The normalized spacial score (nSPS) is 9.36. The molecule has 0 N–H and O–H groups in total. The first-order valence-corrected chi connectivity index (χ1v) is 8.00. The third-order valence-corrected chi connectivity index (χ3v) is 2.33. The number of hydrogen-bond acceptors (Lipinski definition) is 4. The van der Waals surface area contributed by atoms with E-state index in [1.807, 2.05) is 60.7 Å². The molecule has 2 rings (SSSR count). The van der Waals surface area contributed by atoms with E-state index in [-0.39, 0.29) is 0 Å². The number of rotatable bonds is 4. The number of benzene rings is 2. The zero-order chi connectivity index (χ0) is 16.5. The second kappa shape index (κ2) is 15.4. The molecule has 0 aliphatic rings. The summed E-state index contributed by atoms with van der Waals surface area (Å²) in [6, 6.07) is 19.4. The minimum absolute atomic E-state index is 0.771. The maximum atomic E-state index is 9.89. The Morgan fingerprint density at radius 3 is 1.18 bits per heavy atom. The standard InChI is InChI=1S/2C9H8O.H2S2/c2*10-8-4-7-9-5-2-1-3-6-9;1-2/h2*1-8H;1-2H/b2*7-4+;. The molecule has 2 aromatic rings. The number of aldehydes is 2. The topological polar surface area (TPSA) is 34.1 Å². The van der Waals surface area contributed by atoms with E-state index in [9.17, 15) is 9.59 Å². The van der Waals surface area contributed by atoms with Gasteiger partial charge in [0.05, 0.1) is 0 Å². The van der Waals surface area contributed by atoms with Crippen LogP contribution < -0.4 is 0 Å². The van der Waals surface area contributed by atoms with Gasteiger partial charge in [-0.2, -0.15) is 0 Å². The summed E-state index contributed by atoms with van der Waals surface area (Å²) in [4.78, 5) is 19.8. The molecular weight excluding hydrogens is 312 g/mol. The smallest absolute Gasteiger partial charge is 0.142 e. The molecular formula is C18H18O2S2. The van der Waals surface area contributed by atoms with Crippen molar-refractivity contribution >= 4 is 48.0 Å². The van der Waals surface area contributed by atoms with Crippen LogP contribution in [0.1, 0.15) is 11.1 Å². The van der Waals surface area contributed by atoms with Gasteiger partial charge in [0.1, 0.15) is 12.6 Å². The minimum atomic E-state index is 0.771. The van der Waals surface area contributed by atoms with E-state index >= 15 is 0 Å². The van der Waals surface area contributed by atoms with E-state index < -0.39 is 0 Å². The zero-order valence-corrected chi connectivity index (χ0v) is 13.7. The van der Waals surface area contributed by atoms with E-state index in [1.54, 1.807) is 12.2 Å². The average molecular weight is 330 g/mol. The van der Waals surface area contributed by atoms with Crippen molar-refractivity contribution in [2.45, 2.75) is 0 Å². The summed E-state index contributed by atoms with van der Waals surface area (Å²) in [5, 5.41) is 0. The molecule has 4 heteroatoms. The highest BCUT2D eigenvalue weighted by Gasteiger charge is 1.79. The molecule has 0 spiro atoms. The van der Waals surface area contributed by atoms with Crippen LogP contribution in [-0.2, 0) is 9.59 Å². The maximum absolute atomic E-state index is 9.89. The van der Waals surface area contributed by atoms with Gasteiger partial charge in [-0.1, -0.05) is 72.8 Å². The Kier molecular flexibility index (Phi) is 13.9. The largest absolute Gasteiger partial charge is 0.299 e. The number of carbonyl (C=O) groups is 2. The van der Waals surface area contributed by atoms with Crippen LogP contribution in [0.15, 0.2) is 72.8 Å². The quantitative estimate of drug-likeness (QED) is 0.373. The monoisotopic (exact) mass is 330 g/mol. The lowest BCUT2D eigenvalue weighted by molar-refractivity contribution is -0.104. The molecule has 0 fully saturated rings. The summed E-state index contributed by atoms with van der Waals surface area (Å²) < 4.78 is 0. The Morgan fingerprint density at radius 2 is 0.909 bits per heavy atom. The first-order valence-electron chi connectivity index (χ1n) is 6.40. The van der Waals surface area contributed by atoms with E-state index in [2.05, 4.69) is 23.3 Å². The van der Waals surface area contributed by atoms with Crippen LogP contribution in [0.2, 0.25) is 0 Å². The van der Waals surface area contributed by atoms with Crippen LogP contribution in [0.3, 0.4) is 0 Å². The Labute approximate surface area is 141 Å². The van der Waals surface area contributed by atoms with Gasteiger partial charge in [-0.15, -0.1) is 23.3 Å². The number of hydrogen-bond donors (Lipinski definition) is 2. The lowest BCUT2D eigenvalue weighted by atomic mass is 10.2. The van der Waals surface area contributed by atoms with E-state index in [0.717, 1.165) is 23.7 Å². The molecule has 0 aliphatic carbocycles. The summed E-state index contributed by atoms with van der Waals surface area (Å²) >= 11 is 6.44. The van der Waals surface area contributed by atoms with Crippen molar-refractivity contribution in [1.29, 1.82) is 0 Å². The second-order valence-corrected chi connectivity index (χ2v) is 3.81. The molecule has 2 aromatic carbocycles. The van der Waals surface area contributed by atoms with Gasteiger partial charge in [-0.05, 0) is 23.3 Å². The van der Waals surface area contributed by atoms with Gasteiger partial charge in [-0.25, -0.2) is 0 Å². The summed E-state index contributed by atoms with van der Waals surface area (Å²) in [6.07, 6.45) is 8.05. The Morgan fingerprint density at radius 1 is 0.591 bits per heavy atom. The predicted octanol–water partition coefficient (Wildman–Crippen LogP) is 4.56. The van der Waals surface area contributed by atoms with Crippen LogP contribution in [0.5, 0.6) is 0 Å². The van der Waals surface area contributed by atoms with Gasteiger partial charge in [0.2, 0.25) is 0 Å². The van der Waals surface area contributed by atoms with Gasteiger partial charge < -0.3 is 0 Å². The number of allylic oxidation sites excluding steroid dienone is 2. The fourth-order valence-electron chi connectivity index (χ4n) is 1.43. The van der Waals surface area contributed by atoms with Crippen LogP contribution in [0, 0.1) is 0 Å². The molecule has 0 atom stereocenters. The fourth-order valence-corrected chi connectivity index (χ4v) is 1.43. The SMILES string of the molecule is O=C/C=C/c1ccccc1.O=C/C=C/c1ccccc1.SS. The Hall–Kier alpha value is -2.04. The first-order chi connectivity index (χ1) is 10.9. The highest BCUT2D eigenvalue weighted by molar-refractivity contribution is 8.59. The highest BCUT2D eigenvalue weighted by atomic mass is 33.1. The lowest BCUT2D eigenvalue weighted by Gasteiger charge is -1.86. The maximum Gasteiger partial charge on any atom is 0.142 e. The molecule has 0 aromatic heterocycles. The highest BCUT2D eigenvalue weighted by Crippen LogP contribution is 1.99. The third kappa shape index (κ3) is 10.7. The Balaban J connectivity index is 0.000000360. The average Bonchev–Trinajstić information content (AvgIpc) is 2.62. The summed E-state index contributed by atoms with van der Waals surface area (Å²) in [7, 11) is 0. The molecule has 0 saturated heterocycles. The minimum Gasteiger partial charge on any atom is -0.299 e. The van der Waals surface area contributed by atoms with Gasteiger partial charge in [0.25, 0.3) is 0 Å². The lowest BCUT2D eigenvalue weighted by Crippen LogP contribution is -1.67. The van der Waals surface area contributed by atoms with Crippen molar-refractivity contribution in [1.82, 2.24) is 0 Å².